The van der Waals surface area contributed by atoms with E-state index in [1.807, 2.05) is 6.92 Å². The number of hydrogen-bond acceptors (Lipinski definition) is 4. The molecule has 4 heteroatoms. The van der Waals surface area contributed by atoms with Crippen LogP contribution >= 0.6 is 0 Å². The third-order valence-electron chi connectivity index (χ3n) is 4.28. The SMILES string of the molecule is Cc1cc(N2Cc3ccccc3C(C)(C)C2)nc(NC(C)C)n1. The summed E-state index contributed by atoms with van der Waals surface area (Å²) in [6, 6.07) is 11.1. The molecule has 1 aromatic heterocycles. The molecule has 4 nitrogen and oxygen atoms in total. The van der Waals surface area contributed by atoms with E-state index in [-0.39, 0.29) is 5.41 Å². The first-order chi connectivity index (χ1) is 10.8. The molecule has 0 saturated carbocycles. The molecular formula is C19H26N4. The van der Waals surface area contributed by atoms with Crippen LogP contribution in [0.15, 0.2) is 30.3 Å². The monoisotopic (exact) mass is 310 g/mol. The van der Waals surface area contributed by atoms with Crippen molar-refractivity contribution in [2.24, 2.45) is 0 Å². The number of aromatic nitrogens is 2. The highest BCUT2D eigenvalue weighted by atomic mass is 15.2. The molecule has 0 spiro atoms. The molecular weight excluding hydrogens is 284 g/mol. The molecule has 0 amide bonds. The molecule has 2 aromatic rings. The molecule has 0 aliphatic carbocycles. The van der Waals surface area contributed by atoms with E-state index >= 15 is 0 Å². The molecule has 0 atom stereocenters. The number of hydrogen-bond donors (Lipinski definition) is 1. The standard InChI is InChI=1S/C19H26N4/c1-13(2)20-18-21-14(3)10-17(22-18)23-11-15-8-6-7-9-16(15)19(4,5)12-23/h6-10,13H,11-12H2,1-5H3,(H,20,21,22). The lowest BCUT2D eigenvalue weighted by molar-refractivity contribution is 0.474. The van der Waals surface area contributed by atoms with E-state index in [0.29, 0.717) is 12.0 Å². The molecule has 122 valence electrons. The van der Waals surface area contributed by atoms with E-state index < -0.39 is 0 Å². The van der Waals surface area contributed by atoms with Crippen molar-refractivity contribution in [2.75, 3.05) is 16.8 Å². The largest absolute Gasteiger partial charge is 0.352 e. The number of rotatable bonds is 3. The van der Waals surface area contributed by atoms with Crippen LogP contribution in [0.5, 0.6) is 0 Å². The molecule has 0 saturated heterocycles. The zero-order chi connectivity index (χ0) is 16.6. The molecule has 0 unspecified atom stereocenters. The molecule has 1 N–H and O–H groups in total. The Morgan fingerprint density at radius 3 is 2.65 bits per heavy atom. The third kappa shape index (κ3) is 3.31. The van der Waals surface area contributed by atoms with E-state index in [9.17, 15) is 0 Å². The summed E-state index contributed by atoms with van der Waals surface area (Å²) in [5, 5.41) is 3.32. The van der Waals surface area contributed by atoms with Crippen LogP contribution in [0.25, 0.3) is 0 Å². The van der Waals surface area contributed by atoms with E-state index in [0.717, 1.165) is 24.6 Å². The second-order valence-electron chi connectivity index (χ2n) is 7.39. The number of nitrogens with one attached hydrogen (secondary N) is 1. The quantitative estimate of drug-likeness (QED) is 0.933. The van der Waals surface area contributed by atoms with Gasteiger partial charge in [0.15, 0.2) is 0 Å². The highest BCUT2D eigenvalue weighted by molar-refractivity contribution is 5.50. The number of nitrogens with zero attached hydrogens (tertiary/aromatic N) is 3. The molecule has 23 heavy (non-hydrogen) atoms. The fourth-order valence-corrected chi connectivity index (χ4v) is 3.34. The lowest BCUT2D eigenvalue weighted by Gasteiger charge is -2.40. The van der Waals surface area contributed by atoms with Crippen molar-refractivity contribution in [1.29, 1.82) is 0 Å². The smallest absolute Gasteiger partial charge is 0.225 e. The van der Waals surface area contributed by atoms with Gasteiger partial charge in [-0.25, -0.2) is 4.98 Å². The van der Waals surface area contributed by atoms with Gasteiger partial charge >= 0.3 is 0 Å². The normalized spacial score (nSPS) is 16.3. The van der Waals surface area contributed by atoms with Crippen LogP contribution in [0.2, 0.25) is 0 Å². The van der Waals surface area contributed by atoms with Crippen LogP contribution in [-0.2, 0) is 12.0 Å². The molecule has 2 heterocycles. The van der Waals surface area contributed by atoms with Crippen LogP contribution in [-0.4, -0.2) is 22.6 Å². The molecule has 3 rings (SSSR count). The summed E-state index contributed by atoms with van der Waals surface area (Å²) in [6.07, 6.45) is 0. The zero-order valence-electron chi connectivity index (χ0n) is 14.7. The van der Waals surface area contributed by atoms with Gasteiger partial charge in [0, 0.05) is 36.3 Å². The minimum atomic E-state index is 0.110. The van der Waals surface area contributed by atoms with E-state index in [4.69, 9.17) is 4.98 Å². The van der Waals surface area contributed by atoms with Crippen molar-refractivity contribution in [3.8, 4) is 0 Å². The van der Waals surface area contributed by atoms with Crippen molar-refractivity contribution >= 4 is 11.8 Å². The van der Waals surface area contributed by atoms with Crippen molar-refractivity contribution in [3.05, 3.63) is 47.2 Å². The first-order valence-corrected chi connectivity index (χ1v) is 8.31. The van der Waals surface area contributed by atoms with E-state index in [1.165, 1.54) is 11.1 Å². The van der Waals surface area contributed by atoms with Gasteiger partial charge in [-0.05, 0) is 31.9 Å². The van der Waals surface area contributed by atoms with Crippen molar-refractivity contribution in [3.63, 3.8) is 0 Å². The fourth-order valence-electron chi connectivity index (χ4n) is 3.34. The number of benzene rings is 1. The Kier molecular flexibility index (Phi) is 4.00. The van der Waals surface area contributed by atoms with Crippen LogP contribution in [0.1, 0.15) is 44.5 Å². The van der Waals surface area contributed by atoms with Gasteiger partial charge in [-0.3, -0.25) is 0 Å². The number of aryl methyl sites for hydroxylation is 1. The first-order valence-electron chi connectivity index (χ1n) is 8.31. The molecule has 0 radical (unpaired) electrons. The highest BCUT2D eigenvalue weighted by Crippen LogP contribution is 2.35. The minimum Gasteiger partial charge on any atom is -0.352 e. The lowest BCUT2D eigenvalue weighted by Crippen LogP contribution is -2.42. The second kappa shape index (κ2) is 5.84. The molecule has 1 aromatic carbocycles. The Balaban J connectivity index is 1.96. The maximum Gasteiger partial charge on any atom is 0.225 e. The zero-order valence-corrected chi connectivity index (χ0v) is 14.7. The average molecular weight is 310 g/mol. The van der Waals surface area contributed by atoms with E-state index in [2.05, 4.69) is 73.2 Å². The maximum absolute atomic E-state index is 4.74. The molecule has 0 bridgehead atoms. The van der Waals surface area contributed by atoms with Crippen LogP contribution in [0.3, 0.4) is 0 Å². The number of fused-ring (bicyclic) bond motifs is 1. The van der Waals surface area contributed by atoms with Crippen LogP contribution < -0.4 is 10.2 Å². The van der Waals surface area contributed by atoms with Gasteiger partial charge in [0.05, 0.1) is 0 Å². The van der Waals surface area contributed by atoms with Gasteiger partial charge in [0.2, 0.25) is 5.95 Å². The maximum atomic E-state index is 4.74. The topological polar surface area (TPSA) is 41.1 Å². The summed E-state index contributed by atoms with van der Waals surface area (Å²) in [4.78, 5) is 11.6. The summed E-state index contributed by atoms with van der Waals surface area (Å²) in [6.45, 7) is 12.7. The minimum absolute atomic E-state index is 0.110. The Labute approximate surface area is 139 Å². The lowest BCUT2D eigenvalue weighted by atomic mass is 9.78. The third-order valence-corrected chi connectivity index (χ3v) is 4.28. The van der Waals surface area contributed by atoms with Gasteiger partial charge in [-0.2, -0.15) is 4.98 Å². The van der Waals surface area contributed by atoms with Crippen LogP contribution in [0.4, 0.5) is 11.8 Å². The predicted octanol–water partition coefficient (Wildman–Crippen LogP) is 3.90. The summed E-state index contributed by atoms with van der Waals surface area (Å²) in [5.41, 5.74) is 3.94. The Morgan fingerprint density at radius 1 is 1.17 bits per heavy atom. The van der Waals surface area contributed by atoms with Gasteiger partial charge in [0.1, 0.15) is 5.82 Å². The summed E-state index contributed by atoms with van der Waals surface area (Å²) >= 11 is 0. The Bertz CT molecular complexity index is 706. The second-order valence-corrected chi connectivity index (χ2v) is 7.39. The van der Waals surface area contributed by atoms with Crippen LogP contribution in [0, 0.1) is 6.92 Å². The van der Waals surface area contributed by atoms with Gasteiger partial charge in [-0.1, -0.05) is 38.1 Å². The van der Waals surface area contributed by atoms with E-state index in [1.54, 1.807) is 0 Å². The molecule has 1 aliphatic heterocycles. The summed E-state index contributed by atoms with van der Waals surface area (Å²) in [7, 11) is 0. The Morgan fingerprint density at radius 2 is 1.91 bits per heavy atom. The van der Waals surface area contributed by atoms with Crippen molar-refractivity contribution < 1.29 is 0 Å². The predicted molar refractivity (Wildman–Crippen MR) is 96.0 cm³/mol. The van der Waals surface area contributed by atoms with Gasteiger partial charge < -0.3 is 10.2 Å². The van der Waals surface area contributed by atoms with Gasteiger partial charge in [-0.15, -0.1) is 0 Å². The fraction of sp³-hybridized carbons (Fsp3) is 0.474. The van der Waals surface area contributed by atoms with Crippen molar-refractivity contribution in [1.82, 2.24) is 9.97 Å². The first kappa shape index (κ1) is 15.8. The summed E-state index contributed by atoms with van der Waals surface area (Å²) in [5.74, 6) is 1.72. The molecule has 1 aliphatic rings. The van der Waals surface area contributed by atoms with Gasteiger partial charge in [0.25, 0.3) is 0 Å². The molecule has 0 fully saturated rings. The Hall–Kier alpha value is -2.10. The average Bonchev–Trinajstić information content (AvgIpc) is 2.45. The summed E-state index contributed by atoms with van der Waals surface area (Å²) < 4.78 is 0. The van der Waals surface area contributed by atoms with Crippen molar-refractivity contribution in [2.45, 2.75) is 52.6 Å². The highest BCUT2D eigenvalue weighted by Gasteiger charge is 2.32. The number of anilines is 2.